The number of sulfone groups is 2. The number of anilines is 1. The van der Waals surface area contributed by atoms with Gasteiger partial charge in [-0.1, -0.05) is 0 Å². The summed E-state index contributed by atoms with van der Waals surface area (Å²) in [5, 5.41) is -0.965. The van der Waals surface area contributed by atoms with E-state index in [9.17, 15) is 21.2 Å². The van der Waals surface area contributed by atoms with Gasteiger partial charge < -0.3 is 5.73 Å². The number of halogens is 1. The maximum Gasteiger partial charge on any atom is 0.182 e. The van der Waals surface area contributed by atoms with Gasteiger partial charge in [-0.25, -0.2) is 21.2 Å². The Morgan fingerprint density at radius 3 is 2.50 bits per heavy atom. The van der Waals surface area contributed by atoms with Gasteiger partial charge in [-0.2, -0.15) is 0 Å². The number of hydrogen-bond acceptors (Lipinski definition) is 5. The summed E-state index contributed by atoms with van der Waals surface area (Å²) in [6.45, 7) is 0. The summed E-state index contributed by atoms with van der Waals surface area (Å²) in [5.41, 5.74) is 5.04. The van der Waals surface area contributed by atoms with Gasteiger partial charge in [-0.3, -0.25) is 0 Å². The SMILES string of the molecule is Nc1cc(S(=O)(=O)C2CCS(=O)(=O)C2)ccc1F. The summed E-state index contributed by atoms with van der Waals surface area (Å²) in [4.78, 5) is -0.136. The molecular weight excluding hydrogens is 281 g/mol. The van der Waals surface area contributed by atoms with Crippen molar-refractivity contribution in [2.24, 2.45) is 0 Å². The number of nitrogens with two attached hydrogens (primary N) is 1. The zero-order valence-electron chi connectivity index (χ0n) is 9.34. The number of hydrogen-bond donors (Lipinski definition) is 1. The van der Waals surface area contributed by atoms with E-state index < -0.39 is 30.7 Å². The maximum absolute atomic E-state index is 13.0. The molecule has 0 bridgehead atoms. The zero-order valence-corrected chi connectivity index (χ0v) is 11.0. The summed E-state index contributed by atoms with van der Waals surface area (Å²) in [6.07, 6.45) is 0.0714. The molecule has 0 radical (unpaired) electrons. The third-order valence-electron chi connectivity index (χ3n) is 2.93. The lowest BCUT2D eigenvalue weighted by atomic mass is 10.3. The van der Waals surface area contributed by atoms with Gasteiger partial charge in [0.2, 0.25) is 0 Å². The number of benzene rings is 1. The minimum absolute atomic E-state index is 0.0714. The van der Waals surface area contributed by atoms with Crippen LogP contribution in [0.4, 0.5) is 10.1 Å². The van der Waals surface area contributed by atoms with Crippen LogP contribution in [0.25, 0.3) is 0 Å². The fraction of sp³-hybridized carbons (Fsp3) is 0.400. The van der Waals surface area contributed by atoms with Crippen molar-refractivity contribution in [2.75, 3.05) is 17.2 Å². The van der Waals surface area contributed by atoms with Crippen LogP contribution in [0.5, 0.6) is 0 Å². The molecule has 0 saturated carbocycles. The second-order valence-electron chi connectivity index (χ2n) is 4.25. The van der Waals surface area contributed by atoms with Crippen LogP contribution < -0.4 is 5.73 Å². The van der Waals surface area contributed by atoms with Crippen LogP contribution in [0.3, 0.4) is 0 Å². The van der Waals surface area contributed by atoms with Gasteiger partial charge in [0.05, 0.1) is 27.3 Å². The van der Waals surface area contributed by atoms with Gasteiger partial charge in [-0.05, 0) is 24.6 Å². The van der Waals surface area contributed by atoms with Crippen molar-refractivity contribution in [3.8, 4) is 0 Å². The highest BCUT2D eigenvalue weighted by atomic mass is 32.2. The zero-order chi connectivity index (χ0) is 13.6. The van der Waals surface area contributed by atoms with Gasteiger partial charge >= 0.3 is 0 Å². The summed E-state index contributed by atoms with van der Waals surface area (Å²) in [7, 11) is -7.06. The van der Waals surface area contributed by atoms with Crippen LogP contribution in [-0.2, 0) is 19.7 Å². The van der Waals surface area contributed by atoms with Crippen LogP contribution in [0.1, 0.15) is 6.42 Å². The largest absolute Gasteiger partial charge is 0.396 e. The van der Waals surface area contributed by atoms with Crippen molar-refractivity contribution in [3.63, 3.8) is 0 Å². The minimum atomic E-state index is -3.77. The molecule has 1 atom stereocenters. The topological polar surface area (TPSA) is 94.3 Å². The van der Waals surface area contributed by atoms with Crippen LogP contribution >= 0.6 is 0 Å². The number of nitrogen functional groups attached to an aromatic ring is 1. The Morgan fingerprint density at radius 1 is 1.33 bits per heavy atom. The average molecular weight is 293 g/mol. The second kappa shape index (κ2) is 4.20. The highest BCUT2D eigenvalue weighted by molar-refractivity contribution is 7.96. The lowest BCUT2D eigenvalue weighted by Gasteiger charge is -2.10. The predicted octanol–water partition coefficient (Wildman–Crippen LogP) is 0.369. The first-order valence-corrected chi connectivity index (χ1v) is 8.58. The van der Waals surface area contributed by atoms with Crippen molar-refractivity contribution in [3.05, 3.63) is 24.0 Å². The van der Waals surface area contributed by atoms with E-state index in [4.69, 9.17) is 5.73 Å². The maximum atomic E-state index is 13.0. The highest BCUT2D eigenvalue weighted by Crippen LogP contribution is 2.27. The quantitative estimate of drug-likeness (QED) is 0.628. The van der Waals surface area contributed by atoms with Crippen molar-refractivity contribution < 1.29 is 21.2 Å². The van der Waals surface area contributed by atoms with Gasteiger partial charge in [0.25, 0.3) is 0 Å². The Bertz CT molecular complexity index is 682. The first kappa shape index (κ1) is 13.3. The van der Waals surface area contributed by atoms with Crippen molar-refractivity contribution in [2.45, 2.75) is 16.6 Å². The fourth-order valence-electron chi connectivity index (χ4n) is 1.90. The second-order valence-corrected chi connectivity index (χ2v) is 8.71. The molecule has 1 heterocycles. The third-order valence-corrected chi connectivity index (χ3v) is 7.10. The molecule has 5 nitrogen and oxygen atoms in total. The third kappa shape index (κ3) is 2.35. The Labute approximate surface area is 105 Å². The fourth-order valence-corrected chi connectivity index (χ4v) is 6.29. The van der Waals surface area contributed by atoms with E-state index >= 15 is 0 Å². The van der Waals surface area contributed by atoms with Gasteiger partial charge in [0, 0.05) is 0 Å². The Morgan fingerprint density at radius 2 is 2.00 bits per heavy atom. The molecule has 1 aliphatic rings. The van der Waals surface area contributed by atoms with E-state index in [1.165, 1.54) is 0 Å². The summed E-state index contributed by atoms with van der Waals surface area (Å²) >= 11 is 0. The molecule has 1 fully saturated rings. The Kier molecular flexibility index (Phi) is 3.10. The van der Waals surface area contributed by atoms with E-state index in [1.807, 2.05) is 0 Å². The van der Waals surface area contributed by atoms with Gasteiger partial charge in [-0.15, -0.1) is 0 Å². The lowest BCUT2D eigenvalue weighted by molar-refractivity contribution is 0.581. The average Bonchev–Trinajstić information content (AvgIpc) is 2.63. The van der Waals surface area contributed by atoms with Crippen LogP contribution in [0.15, 0.2) is 23.1 Å². The molecule has 1 aromatic carbocycles. The van der Waals surface area contributed by atoms with Crippen molar-refractivity contribution in [1.82, 2.24) is 0 Å². The van der Waals surface area contributed by atoms with Crippen LogP contribution in [0, 0.1) is 5.82 Å². The summed E-state index contributed by atoms with van der Waals surface area (Å²) in [5.74, 6) is -1.21. The van der Waals surface area contributed by atoms with E-state index in [1.54, 1.807) is 0 Å². The molecule has 2 rings (SSSR count). The standard InChI is InChI=1S/C10H12FNO4S2/c11-9-2-1-7(5-10(9)12)18(15,16)8-3-4-17(13,14)6-8/h1-2,5,8H,3-4,6,12H2. The van der Waals surface area contributed by atoms with Crippen LogP contribution in [-0.4, -0.2) is 33.6 Å². The van der Waals surface area contributed by atoms with E-state index in [0.29, 0.717) is 0 Å². The molecule has 1 saturated heterocycles. The lowest BCUT2D eigenvalue weighted by Crippen LogP contribution is -2.22. The summed E-state index contributed by atoms with van der Waals surface area (Å²) < 4.78 is 59.8. The van der Waals surface area contributed by atoms with Gasteiger partial charge in [0.1, 0.15) is 5.82 Å². The van der Waals surface area contributed by atoms with E-state index in [-0.39, 0.29) is 28.5 Å². The number of rotatable bonds is 2. The Balaban J connectivity index is 2.40. The molecule has 1 aliphatic heterocycles. The highest BCUT2D eigenvalue weighted by Gasteiger charge is 2.38. The normalized spacial score (nSPS) is 23.1. The smallest absolute Gasteiger partial charge is 0.182 e. The molecule has 1 aromatic rings. The summed E-state index contributed by atoms with van der Waals surface area (Å²) in [6, 6.07) is 3.09. The van der Waals surface area contributed by atoms with Crippen LogP contribution in [0.2, 0.25) is 0 Å². The molecule has 0 aliphatic carbocycles. The Hall–Kier alpha value is -1.15. The van der Waals surface area contributed by atoms with Crippen molar-refractivity contribution in [1.29, 1.82) is 0 Å². The molecule has 2 N–H and O–H groups in total. The van der Waals surface area contributed by atoms with Crippen molar-refractivity contribution >= 4 is 25.4 Å². The molecule has 0 amide bonds. The predicted molar refractivity (Wildman–Crippen MR) is 65.1 cm³/mol. The van der Waals surface area contributed by atoms with E-state index in [0.717, 1.165) is 18.2 Å². The first-order chi connectivity index (χ1) is 8.22. The monoisotopic (exact) mass is 293 g/mol. The molecule has 8 heteroatoms. The molecule has 18 heavy (non-hydrogen) atoms. The van der Waals surface area contributed by atoms with Gasteiger partial charge in [0.15, 0.2) is 19.7 Å². The molecule has 100 valence electrons. The molecular formula is C10H12FNO4S2. The minimum Gasteiger partial charge on any atom is -0.396 e. The molecule has 0 aromatic heterocycles. The molecule has 0 spiro atoms. The van der Waals surface area contributed by atoms with E-state index in [2.05, 4.69) is 0 Å². The molecule has 1 unspecified atom stereocenters. The first-order valence-electron chi connectivity index (χ1n) is 5.22.